The molecule has 0 spiro atoms. The van der Waals surface area contributed by atoms with Gasteiger partial charge in [0.2, 0.25) is 0 Å². The Morgan fingerprint density at radius 2 is 1.97 bits per heavy atom. The third-order valence-electron chi connectivity index (χ3n) is 3.67. The number of carbonyl (C=O) groups excluding carboxylic acids is 2. The topological polar surface area (TPSA) is 123 Å². The van der Waals surface area contributed by atoms with E-state index in [-0.39, 0.29) is 21.9 Å². The molecule has 14 heteroatoms. The van der Waals surface area contributed by atoms with Crippen LogP contribution in [0.4, 0.5) is 18.0 Å². The molecule has 1 aliphatic heterocycles. The van der Waals surface area contributed by atoms with Crippen molar-refractivity contribution >= 4 is 29.8 Å². The number of ether oxygens (including phenoxy) is 4. The van der Waals surface area contributed by atoms with Crippen LogP contribution in [0, 0.1) is 17.0 Å². The molecule has 0 fully saturated rings. The van der Waals surface area contributed by atoms with E-state index in [0.29, 0.717) is 0 Å². The van der Waals surface area contributed by atoms with Crippen molar-refractivity contribution in [1.82, 2.24) is 0 Å². The number of hydrogen-bond donors (Lipinski definition) is 0. The molecule has 0 bridgehead atoms. The molecule has 1 atom stereocenters. The smallest absolute Gasteiger partial charge is 0.465 e. The summed E-state index contributed by atoms with van der Waals surface area (Å²) in [5.41, 5.74) is -1.04. The highest BCUT2D eigenvalue weighted by molar-refractivity contribution is 6.30. The monoisotopic (exact) mass is 455 g/mol. The van der Waals surface area contributed by atoms with Crippen LogP contribution < -0.4 is 4.74 Å². The highest BCUT2D eigenvalue weighted by atomic mass is 35.5. The Morgan fingerprint density at radius 1 is 1.30 bits per heavy atom. The van der Waals surface area contributed by atoms with Crippen molar-refractivity contribution in [2.45, 2.75) is 18.9 Å². The average Bonchev–Trinajstić information content (AvgIpc) is 2.63. The number of rotatable bonds is 6. The zero-order valence-electron chi connectivity index (χ0n) is 15.3. The molecule has 1 aliphatic rings. The lowest BCUT2D eigenvalue weighted by Gasteiger charge is -2.38. The van der Waals surface area contributed by atoms with Crippen LogP contribution in [0.3, 0.4) is 0 Å². The molecule has 0 aliphatic carbocycles. The van der Waals surface area contributed by atoms with Gasteiger partial charge in [0.15, 0.2) is 0 Å². The fraction of sp³-hybridized carbons (Fsp3) is 0.375. The highest BCUT2D eigenvalue weighted by Crippen LogP contribution is 2.48. The summed E-state index contributed by atoms with van der Waals surface area (Å²) in [6.07, 6.45) is -6.63. The average molecular weight is 456 g/mol. The van der Waals surface area contributed by atoms with Crippen LogP contribution in [0.5, 0.6) is 5.75 Å². The Kier molecular flexibility index (Phi) is 6.65. The van der Waals surface area contributed by atoms with Gasteiger partial charge < -0.3 is 23.8 Å². The second-order valence-corrected chi connectivity index (χ2v) is 6.10. The summed E-state index contributed by atoms with van der Waals surface area (Å²) in [6, 6.07) is 2.53. The SMILES string of the molecule is COC(=O)C1=Cc2cc(Cl)cc(C)c2O[C@]1(OC(=O)OCCO[N+](=O)[O-])C(F)(F)F. The molecule has 10 nitrogen and oxygen atoms in total. The maximum absolute atomic E-state index is 14.1. The molecule has 30 heavy (non-hydrogen) atoms. The van der Waals surface area contributed by atoms with Crippen molar-refractivity contribution in [3.8, 4) is 5.75 Å². The van der Waals surface area contributed by atoms with Crippen LogP contribution in [-0.4, -0.2) is 49.5 Å². The molecular weight excluding hydrogens is 443 g/mol. The second-order valence-electron chi connectivity index (χ2n) is 5.66. The van der Waals surface area contributed by atoms with Gasteiger partial charge in [-0.15, -0.1) is 10.1 Å². The quantitative estimate of drug-likeness (QED) is 0.275. The fourth-order valence-corrected chi connectivity index (χ4v) is 2.76. The third kappa shape index (κ3) is 4.67. The van der Waals surface area contributed by atoms with Crippen molar-refractivity contribution in [2.75, 3.05) is 20.3 Å². The number of aryl methyl sites for hydroxylation is 1. The van der Waals surface area contributed by atoms with E-state index in [9.17, 15) is 32.9 Å². The molecule has 164 valence electrons. The second kappa shape index (κ2) is 8.65. The maximum Gasteiger partial charge on any atom is 0.512 e. The highest BCUT2D eigenvalue weighted by Gasteiger charge is 2.68. The summed E-state index contributed by atoms with van der Waals surface area (Å²) >= 11 is 5.89. The lowest BCUT2D eigenvalue weighted by molar-refractivity contribution is -0.757. The van der Waals surface area contributed by atoms with Crippen LogP contribution >= 0.6 is 11.6 Å². The van der Waals surface area contributed by atoms with E-state index in [4.69, 9.17) is 16.3 Å². The first kappa shape index (κ1) is 23.1. The number of esters is 1. The zero-order valence-corrected chi connectivity index (χ0v) is 16.0. The summed E-state index contributed by atoms with van der Waals surface area (Å²) < 4.78 is 60.3. The van der Waals surface area contributed by atoms with Gasteiger partial charge in [0.05, 0.1) is 7.11 Å². The van der Waals surface area contributed by atoms with Gasteiger partial charge in [-0.3, -0.25) is 0 Å². The van der Waals surface area contributed by atoms with E-state index < -0.39 is 48.0 Å². The Morgan fingerprint density at radius 3 is 2.53 bits per heavy atom. The number of hydrogen-bond acceptors (Lipinski definition) is 9. The van der Waals surface area contributed by atoms with E-state index >= 15 is 0 Å². The largest absolute Gasteiger partial charge is 0.512 e. The summed E-state index contributed by atoms with van der Waals surface area (Å²) in [6.45, 7) is -0.186. The lowest BCUT2D eigenvalue weighted by atomic mass is 9.96. The molecule has 0 saturated carbocycles. The van der Waals surface area contributed by atoms with E-state index in [1.165, 1.54) is 19.1 Å². The first-order chi connectivity index (χ1) is 13.9. The van der Waals surface area contributed by atoms with E-state index in [1.54, 1.807) is 0 Å². The van der Waals surface area contributed by atoms with Crippen molar-refractivity contribution < 1.29 is 51.6 Å². The fourth-order valence-electron chi connectivity index (χ4n) is 2.48. The Bertz CT molecular complexity index is 903. The Labute approximate surface area is 171 Å². The van der Waals surface area contributed by atoms with Crippen molar-refractivity contribution in [3.05, 3.63) is 44.0 Å². The molecule has 0 amide bonds. The minimum absolute atomic E-state index is 0.0108. The normalized spacial score (nSPS) is 17.7. The molecule has 0 saturated heterocycles. The van der Waals surface area contributed by atoms with Crippen molar-refractivity contribution in [2.24, 2.45) is 0 Å². The first-order valence-electron chi connectivity index (χ1n) is 7.90. The van der Waals surface area contributed by atoms with Crippen LogP contribution in [0.15, 0.2) is 17.7 Å². The molecule has 2 rings (SSSR count). The van der Waals surface area contributed by atoms with Gasteiger partial charge in [-0.25, -0.2) is 9.59 Å². The Hall–Kier alpha value is -3.22. The molecule has 1 aromatic carbocycles. The van der Waals surface area contributed by atoms with Crippen LogP contribution in [0.1, 0.15) is 11.1 Å². The van der Waals surface area contributed by atoms with Crippen LogP contribution in [0.2, 0.25) is 5.02 Å². The van der Waals surface area contributed by atoms with Gasteiger partial charge in [-0.1, -0.05) is 11.6 Å². The minimum atomic E-state index is -5.47. The van der Waals surface area contributed by atoms with Crippen LogP contribution in [-0.2, 0) is 23.8 Å². The van der Waals surface area contributed by atoms with Gasteiger partial charge >= 0.3 is 24.1 Å². The van der Waals surface area contributed by atoms with E-state index in [2.05, 4.69) is 19.0 Å². The number of nitrogens with zero attached hydrogens (tertiary/aromatic N) is 1. The molecule has 1 heterocycles. The molecule has 0 unspecified atom stereocenters. The lowest BCUT2D eigenvalue weighted by Crippen LogP contribution is -2.58. The van der Waals surface area contributed by atoms with Crippen molar-refractivity contribution in [1.29, 1.82) is 0 Å². The number of alkyl halides is 3. The molecule has 0 aromatic heterocycles. The van der Waals surface area contributed by atoms with Gasteiger partial charge in [0.1, 0.15) is 24.5 Å². The summed E-state index contributed by atoms with van der Waals surface area (Å²) in [4.78, 5) is 37.9. The number of halogens is 4. The standard InChI is InChI=1S/C16H13ClF3NO9/c1-8-5-10(17)6-9-7-11(13(22)26-2)15(16(18,19)20,29-12(8)9)30-14(23)27-3-4-28-21(24)25/h5-7H,3-4H2,1-2H3/t15-/m1/s1. The predicted octanol–water partition coefficient (Wildman–Crippen LogP) is 3.22. The number of carbonyl (C=O) groups is 2. The van der Waals surface area contributed by atoms with E-state index in [1.807, 2.05) is 0 Å². The van der Waals surface area contributed by atoms with Crippen molar-refractivity contribution in [3.63, 3.8) is 0 Å². The van der Waals surface area contributed by atoms with Gasteiger partial charge in [0, 0.05) is 10.6 Å². The van der Waals surface area contributed by atoms with Gasteiger partial charge in [-0.2, -0.15) is 13.2 Å². The van der Waals surface area contributed by atoms with E-state index in [0.717, 1.165) is 13.2 Å². The number of benzene rings is 1. The van der Waals surface area contributed by atoms with Crippen LogP contribution in [0.25, 0.3) is 6.08 Å². The first-order valence-corrected chi connectivity index (χ1v) is 8.28. The summed E-state index contributed by atoms with van der Waals surface area (Å²) in [5, 5.41) is 9.00. The maximum atomic E-state index is 14.1. The predicted molar refractivity (Wildman–Crippen MR) is 91.0 cm³/mol. The zero-order chi connectivity index (χ0) is 22.7. The Balaban J connectivity index is 2.47. The molecular formula is C16H13ClF3NO9. The van der Waals surface area contributed by atoms with Gasteiger partial charge in [0.25, 0.3) is 5.09 Å². The molecule has 0 N–H and O–H groups in total. The molecule has 1 aromatic rings. The molecule has 0 radical (unpaired) electrons. The summed E-state index contributed by atoms with van der Waals surface area (Å²) in [7, 11) is 0.816. The number of fused-ring (bicyclic) bond motifs is 1. The third-order valence-corrected chi connectivity index (χ3v) is 3.89. The number of methoxy groups -OCH3 is 1. The summed E-state index contributed by atoms with van der Waals surface area (Å²) in [5.74, 6) is -5.76. The minimum Gasteiger partial charge on any atom is -0.465 e. The van der Waals surface area contributed by atoms with Gasteiger partial charge in [-0.05, 0) is 30.7 Å².